The summed E-state index contributed by atoms with van der Waals surface area (Å²) in [6.45, 7) is 0.675. The number of anilines is 1. The van der Waals surface area contributed by atoms with Crippen LogP contribution in [0.25, 0.3) is 0 Å². The fourth-order valence-corrected chi connectivity index (χ4v) is 2.62. The molecule has 1 aliphatic heterocycles. The number of carbonyl (C=O) groups is 2. The molecule has 0 saturated carbocycles. The molecule has 0 spiro atoms. The molecule has 4 nitrogen and oxygen atoms in total. The fourth-order valence-electron chi connectivity index (χ4n) is 2.62. The van der Waals surface area contributed by atoms with Crippen LogP contribution in [0.3, 0.4) is 0 Å². The fraction of sp³-hybridized carbons (Fsp3) is 0.222. The van der Waals surface area contributed by atoms with Crippen LogP contribution in [-0.4, -0.2) is 18.4 Å². The van der Waals surface area contributed by atoms with Crippen molar-refractivity contribution in [2.45, 2.75) is 19.3 Å². The van der Waals surface area contributed by atoms with Crippen LogP contribution in [0.1, 0.15) is 27.9 Å². The van der Waals surface area contributed by atoms with Crippen molar-refractivity contribution in [2.24, 2.45) is 0 Å². The minimum atomic E-state index is -0.0679. The Morgan fingerprint density at radius 2 is 1.95 bits per heavy atom. The zero-order valence-corrected chi connectivity index (χ0v) is 12.3. The molecule has 0 unspecified atom stereocenters. The van der Waals surface area contributed by atoms with E-state index in [1.807, 2.05) is 42.5 Å². The highest BCUT2D eigenvalue weighted by atomic mass is 16.2. The number of carbonyl (C=O) groups excluding carboxylic acids is 2. The molecule has 0 bridgehead atoms. The molecule has 2 aromatic rings. The van der Waals surface area contributed by atoms with Gasteiger partial charge in [-0.05, 0) is 36.1 Å². The van der Waals surface area contributed by atoms with E-state index in [0.717, 1.165) is 17.5 Å². The van der Waals surface area contributed by atoms with Crippen molar-refractivity contribution < 1.29 is 9.59 Å². The molecular formula is C18H18N2O2. The number of nitrogens with one attached hydrogen (secondary N) is 2. The summed E-state index contributed by atoms with van der Waals surface area (Å²) in [6.07, 6.45) is 1.97. The molecule has 1 aliphatic rings. The molecule has 4 heteroatoms. The molecule has 112 valence electrons. The second-order valence-corrected chi connectivity index (χ2v) is 5.41. The SMILES string of the molecule is O=C(CCc1ccccc1)Nc1ccc2c(c1)C(=O)NCC2. The van der Waals surface area contributed by atoms with Gasteiger partial charge in [0.25, 0.3) is 5.91 Å². The highest BCUT2D eigenvalue weighted by molar-refractivity contribution is 5.99. The highest BCUT2D eigenvalue weighted by Crippen LogP contribution is 2.19. The van der Waals surface area contributed by atoms with E-state index in [0.29, 0.717) is 30.6 Å². The molecule has 3 rings (SSSR count). The number of benzene rings is 2. The molecule has 0 aliphatic carbocycles. The number of fused-ring (bicyclic) bond motifs is 1. The van der Waals surface area contributed by atoms with Gasteiger partial charge in [0.15, 0.2) is 0 Å². The Morgan fingerprint density at radius 1 is 1.14 bits per heavy atom. The van der Waals surface area contributed by atoms with Crippen molar-refractivity contribution in [3.05, 3.63) is 65.2 Å². The zero-order valence-electron chi connectivity index (χ0n) is 12.3. The molecule has 0 saturated heterocycles. The number of hydrogen-bond donors (Lipinski definition) is 2. The normalized spacial score (nSPS) is 13.2. The summed E-state index contributed by atoms with van der Waals surface area (Å²) in [5, 5.41) is 5.68. The second-order valence-electron chi connectivity index (χ2n) is 5.41. The molecule has 2 N–H and O–H groups in total. The van der Waals surface area contributed by atoms with E-state index < -0.39 is 0 Å². The van der Waals surface area contributed by atoms with Crippen LogP contribution in [0.15, 0.2) is 48.5 Å². The Balaban J connectivity index is 1.62. The summed E-state index contributed by atoms with van der Waals surface area (Å²) >= 11 is 0. The van der Waals surface area contributed by atoms with E-state index in [2.05, 4.69) is 10.6 Å². The smallest absolute Gasteiger partial charge is 0.251 e. The Bertz CT molecular complexity index is 695. The number of amides is 2. The number of rotatable bonds is 4. The predicted octanol–water partition coefficient (Wildman–Crippen LogP) is 2.54. The summed E-state index contributed by atoms with van der Waals surface area (Å²) in [5.41, 5.74) is 3.51. The first-order valence-corrected chi connectivity index (χ1v) is 7.47. The first kappa shape index (κ1) is 14.3. The van der Waals surface area contributed by atoms with E-state index in [-0.39, 0.29) is 11.8 Å². The van der Waals surface area contributed by atoms with Crippen molar-refractivity contribution in [1.29, 1.82) is 0 Å². The van der Waals surface area contributed by atoms with Gasteiger partial charge in [0.1, 0.15) is 0 Å². The van der Waals surface area contributed by atoms with Crippen molar-refractivity contribution in [3.63, 3.8) is 0 Å². The van der Waals surface area contributed by atoms with E-state index in [1.54, 1.807) is 6.07 Å². The van der Waals surface area contributed by atoms with Gasteiger partial charge in [0, 0.05) is 24.2 Å². The topological polar surface area (TPSA) is 58.2 Å². The first-order chi connectivity index (χ1) is 10.7. The Hall–Kier alpha value is -2.62. The highest BCUT2D eigenvalue weighted by Gasteiger charge is 2.17. The summed E-state index contributed by atoms with van der Waals surface area (Å²) in [6, 6.07) is 15.4. The number of hydrogen-bond acceptors (Lipinski definition) is 2. The number of aryl methyl sites for hydroxylation is 1. The van der Waals surface area contributed by atoms with E-state index in [1.165, 1.54) is 0 Å². The maximum atomic E-state index is 12.0. The van der Waals surface area contributed by atoms with Crippen LogP contribution in [0.4, 0.5) is 5.69 Å². The van der Waals surface area contributed by atoms with Gasteiger partial charge in [-0.15, -0.1) is 0 Å². The van der Waals surface area contributed by atoms with Crippen LogP contribution >= 0.6 is 0 Å². The molecule has 0 radical (unpaired) electrons. The summed E-state index contributed by atoms with van der Waals surface area (Å²) in [4.78, 5) is 23.8. The minimum Gasteiger partial charge on any atom is -0.352 e. The third kappa shape index (κ3) is 3.34. The molecule has 0 fully saturated rings. The van der Waals surface area contributed by atoms with Gasteiger partial charge < -0.3 is 10.6 Å². The Labute approximate surface area is 129 Å². The van der Waals surface area contributed by atoms with Crippen LogP contribution in [0.2, 0.25) is 0 Å². The van der Waals surface area contributed by atoms with Gasteiger partial charge in [-0.2, -0.15) is 0 Å². The van der Waals surface area contributed by atoms with Crippen LogP contribution in [0.5, 0.6) is 0 Å². The van der Waals surface area contributed by atoms with Crippen molar-refractivity contribution >= 4 is 17.5 Å². The van der Waals surface area contributed by atoms with Gasteiger partial charge in [0.05, 0.1) is 0 Å². The third-order valence-electron chi connectivity index (χ3n) is 3.80. The largest absolute Gasteiger partial charge is 0.352 e. The summed E-state index contributed by atoms with van der Waals surface area (Å²) < 4.78 is 0. The second kappa shape index (κ2) is 6.43. The lowest BCUT2D eigenvalue weighted by atomic mass is 10.00. The predicted molar refractivity (Wildman–Crippen MR) is 85.9 cm³/mol. The lowest BCUT2D eigenvalue weighted by molar-refractivity contribution is -0.116. The molecule has 2 aromatic carbocycles. The maximum Gasteiger partial charge on any atom is 0.251 e. The molecule has 22 heavy (non-hydrogen) atoms. The first-order valence-electron chi connectivity index (χ1n) is 7.47. The average Bonchev–Trinajstić information content (AvgIpc) is 2.55. The molecule has 2 amide bonds. The Morgan fingerprint density at radius 3 is 2.77 bits per heavy atom. The zero-order chi connectivity index (χ0) is 15.4. The monoisotopic (exact) mass is 294 g/mol. The quantitative estimate of drug-likeness (QED) is 0.910. The molecule has 0 atom stereocenters. The van der Waals surface area contributed by atoms with Gasteiger partial charge in [0.2, 0.25) is 5.91 Å². The Kier molecular flexibility index (Phi) is 4.19. The summed E-state index contributed by atoms with van der Waals surface area (Å²) in [7, 11) is 0. The van der Waals surface area contributed by atoms with Crippen molar-refractivity contribution in [1.82, 2.24) is 5.32 Å². The van der Waals surface area contributed by atoms with Crippen LogP contribution in [0, 0.1) is 0 Å². The average molecular weight is 294 g/mol. The molecule has 1 heterocycles. The standard InChI is InChI=1S/C18H18N2O2/c21-17(9-6-13-4-2-1-3-5-13)20-15-8-7-14-10-11-19-18(22)16(14)12-15/h1-5,7-8,12H,6,9-11H2,(H,19,22)(H,20,21). The van der Waals surface area contributed by atoms with Gasteiger partial charge >= 0.3 is 0 Å². The summed E-state index contributed by atoms with van der Waals surface area (Å²) in [5.74, 6) is -0.110. The van der Waals surface area contributed by atoms with Gasteiger partial charge in [-0.1, -0.05) is 36.4 Å². The van der Waals surface area contributed by atoms with Crippen molar-refractivity contribution in [3.8, 4) is 0 Å². The van der Waals surface area contributed by atoms with E-state index in [9.17, 15) is 9.59 Å². The van der Waals surface area contributed by atoms with Gasteiger partial charge in [-0.3, -0.25) is 9.59 Å². The van der Waals surface area contributed by atoms with Crippen LogP contribution < -0.4 is 10.6 Å². The third-order valence-corrected chi connectivity index (χ3v) is 3.80. The molecule has 0 aromatic heterocycles. The van der Waals surface area contributed by atoms with E-state index >= 15 is 0 Å². The van der Waals surface area contributed by atoms with Crippen LogP contribution in [-0.2, 0) is 17.6 Å². The van der Waals surface area contributed by atoms with Gasteiger partial charge in [-0.25, -0.2) is 0 Å². The minimum absolute atomic E-state index is 0.0416. The van der Waals surface area contributed by atoms with E-state index in [4.69, 9.17) is 0 Å². The van der Waals surface area contributed by atoms with Crippen molar-refractivity contribution in [2.75, 3.05) is 11.9 Å². The lowest BCUT2D eigenvalue weighted by Gasteiger charge is -2.17. The maximum absolute atomic E-state index is 12.0. The molecular weight excluding hydrogens is 276 g/mol. The lowest BCUT2D eigenvalue weighted by Crippen LogP contribution is -2.31.